The summed E-state index contributed by atoms with van der Waals surface area (Å²) in [6, 6.07) is 3.62. The highest BCUT2D eigenvalue weighted by Gasteiger charge is 2.30. The summed E-state index contributed by atoms with van der Waals surface area (Å²) in [4.78, 5) is 22.6. The molecule has 0 saturated heterocycles. The fraction of sp³-hybridized carbons (Fsp3) is 0.385. The summed E-state index contributed by atoms with van der Waals surface area (Å²) in [6.07, 6.45) is 1.58. The van der Waals surface area contributed by atoms with Crippen LogP contribution in [-0.4, -0.2) is 23.1 Å². The van der Waals surface area contributed by atoms with Gasteiger partial charge in [0.2, 0.25) is 0 Å². The topological polar surface area (TPSA) is 78.4 Å². The van der Waals surface area contributed by atoms with Gasteiger partial charge < -0.3 is 15.7 Å². The van der Waals surface area contributed by atoms with Gasteiger partial charge in [0, 0.05) is 10.5 Å². The Bertz CT molecular complexity index is 538. The molecule has 0 unspecified atom stereocenters. The van der Waals surface area contributed by atoms with E-state index < -0.39 is 23.7 Å². The predicted octanol–water partition coefficient (Wildman–Crippen LogP) is 2.96. The van der Waals surface area contributed by atoms with Crippen LogP contribution in [0, 0.1) is 11.7 Å². The van der Waals surface area contributed by atoms with Crippen LogP contribution in [0.15, 0.2) is 22.7 Å². The Hall–Kier alpha value is -1.63. The molecule has 2 amide bonds. The fourth-order valence-electron chi connectivity index (χ4n) is 2.27. The third-order valence-electron chi connectivity index (χ3n) is 3.30. The molecule has 1 fully saturated rings. The molecule has 108 valence electrons. The summed E-state index contributed by atoms with van der Waals surface area (Å²) in [5.74, 6) is -1.79. The minimum Gasteiger partial charge on any atom is -0.481 e. The summed E-state index contributed by atoms with van der Waals surface area (Å²) < 4.78 is 14.1. The number of carbonyl (C=O) groups excluding carboxylic acids is 1. The van der Waals surface area contributed by atoms with Crippen molar-refractivity contribution in [2.45, 2.75) is 25.3 Å². The molecule has 0 spiro atoms. The van der Waals surface area contributed by atoms with Crippen LogP contribution in [0.1, 0.15) is 19.3 Å². The average molecular weight is 345 g/mol. The zero-order valence-electron chi connectivity index (χ0n) is 10.5. The van der Waals surface area contributed by atoms with Crippen molar-refractivity contribution in [3.8, 4) is 0 Å². The molecule has 0 radical (unpaired) electrons. The molecule has 0 bridgehead atoms. The van der Waals surface area contributed by atoms with Crippen LogP contribution in [0.5, 0.6) is 0 Å². The highest BCUT2D eigenvalue weighted by atomic mass is 79.9. The number of benzene rings is 1. The Morgan fingerprint density at radius 2 is 2.10 bits per heavy atom. The molecule has 0 aliphatic heterocycles. The highest BCUT2D eigenvalue weighted by Crippen LogP contribution is 2.26. The molecule has 7 heteroatoms. The Morgan fingerprint density at radius 1 is 1.35 bits per heavy atom. The Kier molecular flexibility index (Phi) is 4.59. The van der Waals surface area contributed by atoms with Crippen LogP contribution in [-0.2, 0) is 4.79 Å². The number of carbonyl (C=O) groups is 2. The average Bonchev–Trinajstić information content (AvgIpc) is 2.81. The van der Waals surface area contributed by atoms with Gasteiger partial charge in [-0.3, -0.25) is 4.79 Å². The number of halogens is 2. The maximum Gasteiger partial charge on any atom is 0.319 e. The van der Waals surface area contributed by atoms with Crippen molar-refractivity contribution in [1.29, 1.82) is 0 Å². The predicted molar refractivity (Wildman–Crippen MR) is 75.0 cm³/mol. The lowest BCUT2D eigenvalue weighted by Gasteiger charge is -2.13. The van der Waals surface area contributed by atoms with Crippen molar-refractivity contribution >= 4 is 33.6 Å². The Morgan fingerprint density at radius 3 is 2.70 bits per heavy atom. The third-order valence-corrected chi connectivity index (χ3v) is 3.79. The number of amides is 2. The summed E-state index contributed by atoms with van der Waals surface area (Å²) in [5.41, 5.74) is 0.0819. The van der Waals surface area contributed by atoms with Crippen molar-refractivity contribution in [1.82, 2.24) is 5.32 Å². The lowest BCUT2D eigenvalue weighted by Crippen LogP contribution is -2.36. The van der Waals surface area contributed by atoms with E-state index in [4.69, 9.17) is 5.11 Å². The normalized spacial score (nSPS) is 21.5. The molecular formula is C13H14BrFN2O3. The largest absolute Gasteiger partial charge is 0.481 e. The van der Waals surface area contributed by atoms with Gasteiger partial charge in [-0.25, -0.2) is 9.18 Å². The first-order valence-electron chi connectivity index (χ1n) is 6.21. The molecule has 1 aromatic carbocycles. The molecule has 2 atom stereocenters. The van der Waals surface area contributed by atoms with Crippen molar-refractivity contribution < 1.29 is 19.1 Å². The molecule has 3 N–H and O–H groups in total. The minimum absolute atomic E-state index is 0.0819. The number of nitrogens with one attached hydrogen (secondary N) is 2. The summed E-state index contributed by atoms with van der Waals surface area (Å²) in [7, 11) is 0. The number of carboxylic acids is 1. The zero-order chi connectivity index (χ0) is 14.7. The lowest BCUT2D eigenvalue weighted by molar-refractivity contribution is -0.141. The minimum atomic E-state index is -0.839. The van der Waals surface area contributed by atoms with Gasteiger partial charge in [0.15, 0.2) is 0 Å². The van der Waals surface area contributed by atoms with E-state index >= 15 is 0 Å². The van der Waals surface area contributed by atoms with Gasteiger partial charge in [0.1, 0.15) is 5.82 Å². The van der Waals surface area contributed by atoms with Crippen LogP contribution in [0.3, 0.4) is 0 Å². The number of rotatable bonds is 3. The maximum atomic E-state index is 13.5. The molecule has 0 aromatic heterocycles. The van der Waals surface area contributed by atoms with E-state index in [1.165, 1.54) is 12.1 Å². The quantitative estimate of drug-likeness (QED) is 0.788. The standard InChI is InChI=1S/C13H14BrFN2O3/c14-8-2-4-11(10(15)6-8)17-13(20)16-9-3-1-7(5-9)12(18)19/h2,4,6-7,9H,1,3,5H2,(H,18,19)(H2,16,17,20)/t7-,9+/m1/s1. The fourth-order valence-corrected chi connectivity index (χ4v) is 2.60. The highest BCUT2D eigenvalue weighted by molar-refractivity contribution is 9.10. The SMILES string of the molecule is O=C(Nc1ccc(Br)cc1F)N[C@H]1CC[C@@H](C(=O)O)C1. The van der Waals surface area contributed by atoms with Crippen molar-refractivity contribution in [3.63, 3.8) is 0 Å². The number of hydrogen-bond acceptors (Lipinski definition) is 2. The van der Waals surface area contributed by atoms with E-state index in [9.17, 15) is 14.0 Å². The first-order chi connectivity index (χ1) is 9.45. The van der Waals surface area contributed by atoms with Gasteiger partial charge in [-0.05, 0) is 37.5 Å². The van der Waals surface area contributed by atoms with E-state index in [0.717, 1.165) is 0 Å². The molecule has 5 nitrogen and oxygen atoms in total. The van der Waals surface area contributed by atoms with Crippen LogP contribution in [0.25, 0.3) is 0 Å². The first kappa shape index (κ1) is 14.8. The summed E-state index contributed by atoms with van der Waals surface area (Å²) in [6.45, 7) is 0. The van der Waals surface area contributed by atoms with Crippen molar-refractivity contribution in [2.24, 2.45) is 5.92 Å². The van der Waals surface area contributed by atoms with Crippen LogP contribution < -0.4 is 10.6 Å². The number of anilines is 1. The molecule has 0 heterocycles. The number of aliphatic carboxylic acids is 1. The van der Waals surface area contributed by atoms with E-state index in [0.29, 0.717) is 23.7 Å². The molecule has 2 rings (SSSR count). The maximum absolute atomic E-state index is 13.5. The van der Waals surface area contributed by atoms with Gasteiger partial charge >= 0.3 is 12.0 Å². The van der Waals surface area contributed by atoms with E-state index in [1.807, 2.05) is 0 Å². The van der Waals surface area contributed by atoms with Crippen molar-refractivity contribution in [2.75, 3.05) is 5.32 Å². The molecule has 1 saturated carbocycles. The van der Waals surface area contributed by atoms with Crippen LogP contribution >= 0.6 is 15.9 Å². The molecule has 20 heavy (non-hydrogen) atoms. The number of urea groups is 1. The van der Waals surface area contributed by atoms with E-state index in [-0.39, 0.29) is 11.7 Å². The Labute approximate surface area is 123 Å². The van der Waals surface area contributed by atoms with Crippen molar-refractivity contribution in [3.05, 3.63) is 28.5 Å². The van der Waals surface area contributed by atoms with Gasteiger partial charge in [-0.15, -0.1) is 0 Å². The molecular weight excluding hydrogens is 331 g/mol. The molecule has 1 aliphatic carbocycles. The molecule has 1 aliphatic rings. The van der Waals surface area contributed by atoms with Crippen LogP contribution in [0.2, 0.25) is 0 Å². The second kappa shape index (κ2) is 6.21. The Balaban J connectivity index is 1.88. The second-order valence-corrected chi connectivity index (χ2v) is 5.68. The second-order valence-electron chi connectivity index (χ2n) is 4.77. The summed E-state index contributed by atoms with van der Waals surface area (Å²) in [5, 5.41) is 14.0. The smallest absolute Gasteiger partial charge is 0.319 e. The van der Waals surface area contributed by atoms with Gasteiger partial charge in [-0.1, -0.05) is 15.9 Å². The molecule has 1 aromatic rings. The van der Waals surface area contributed by atoms with Crippen LogP contribution in [0.4, 0.5) is 14.9 Å². The van der Waals surface area contributed by atoms with Gasteiger partial charge in [-0.2, -0.15) is 0 Å². The number of hydrogen-bond donors (Lipinski definition) is 3. The third kappa shape index (κ3) is 3.69. The van der Waals surface area contributed by atoms with Gasteiger partial charge in [0.05, 0.1) is 11.6 Å². The van der Waals surface area contributed by atoms with E-state index in [2.05, 4.69) is 26.6 Å². The van der Waals surface area contributed by atoms with E-state index in [1.54, 1.807) is 6.07 Å². The monoisotopic (exact) mass is 344 g/mol. The summed E-state index contributed by atoms with van der Waals surface area (Å²) >= 11 is 3.13. The lowest BCUT2D eigenvalue weighted by atomic mass is 10.1. The van der Waals surface area contributed by atoms with Gasteiger partial charge in [0.25, 0.3) is 0 Å². The first-order valence-corrected chi connectivity index (χ1v) is 7.00. The zero-order valence-corrected chi connectivity index (χ0v) is 12.1. The number of carboxylic acid groups (broad SMARTS) is 1.